The lowest BCUT2D eigenvalue weighted by atomic mass is 10.3. The second-order valence-corrected chi connectivity index (χ2v) is 6.02. The third-order valence-electron chi connectivity index (χ3n) is 4.06. The summed E-state index contributed by atoms with van der Waals surface area (Å²) in [5.74, 6) is 1.82. The number of hydrogen-bond donors (Lipinski definition) is 0. The maximum absolute atomic E-state index is 5.85. The van der Waals surface area contributed by atoms with Crippen LogP contribution in [0.3, 0.4) is 0 Å². The molecule has 0 amide bonds. The van der Waals surface area contributed by atoms with Gasteiger partial charge in [-0.25, -0.2) is 0 Å². The van der Waals surface area contributed by atoms with Crippen LogP contribution < -0.4 is 9.47 Å². The van der Waals surface area contributed by atoms with Crippen molar-refractivity contribution >= 4 is 0 Å². The van der Waals surface area contributed by atoms with E-state index in [1.54, 1.807) is 0 Å². The molecule has 0 aromatic heterocycles. The molecule has 0 N–H and O–H groups in total. The second kappa shape index (κ2) is 9.70. The Balaban J connectivity index is 1.63. The number of unbranched alkanes of at least 4 members (excludes halogenated alkanes) is 1. The standard InChI is InChI=1S/C18H30N2O2/c1-3-4-14-21-17-7-5-8-18(16-17)22-15-6-9-20-12-10-19(2)11-13-20/h5,7-8,16H,3-4,6,9-15H2,1-2H3. The summed E-state index contributed by atoms with van der Waals surface area (Å²) < 4.78 is 11.6. The van der Waals surface area contributed by atoms with Gasteiger partial charge in [0, 0.05) is 38.8 Å². The molecule has 1 aliphatic rings. The van der Waals surface area contributed by atoms with Gasteiger partial charge in [0.1, 0.15) is 11.5 Å². The zero-order chi connectivity index (χ0) is 15.6. The SMILES string of the molecule is CCCCOc1cccc(OCCCN2CCN(C)CC2)c1. The van der Waals surface area contributed by atoms with Crippen molar-refractivity contribution in [1.82, 2.24) is 9.80 Å². The van der Waals surface area contributed by atoms with Crippen molar-refractivity contribution in [2.45, 2.75) is 26.2 Å². The molecule has 1 heterocycles. The summed E-state index contributed by atoms with van der Waals surface area (Å²) in [6.07, 6.45) is 3.32. The fourth-order valence-electron chi connectivity index (χ4n) is 2.54. The van der Waals surface area contributed by atoms with Crippen LogP contribution in [-0.4, -0.2) is 62.8 Å². The molecular formula is C18H30N2O2. The molecule has 0 saturated carbocycles. The zero-order valence-corrected chi connectivity index (χ0v) is 14.1. The molecule has 4 nitrogen and oxygen atoms in total. The highest BCUT2D eigenvalue weighted by Gasteiger charge is 2.12. The molecule has 1 aliphatic heterocycles. The first-order valence-electron chi connectivity index (χ1n) is 8.54. The zero-order valence-electron chi connectivity index (χ0n) is 14.1. The largest absolute Gasteiger partial charge is 0.493 e. The molecule has 1 fully saturated rings. The van der Waals surface area contributed by atoms with E-state index < -0.39 is 0 Å². The fraction of sp³-hybridized carbons (Fsp3) is 0.667. The highest BCUT2D eigenvalue weighted by molar-refractivity contribution is 5.32. The van der Waals surface area contributed by atoms with E-state index in [4.69, 9.17) is 9.47 Å². The van der Waals surface area contributed by atoms with Crippen molar-refractivity contribution in [3.63, 3.8) is 0 Å². The third kappa shape index (κ3) is 6.24. The van der Waals surface area contributed by atoms with Gasteiger partial charge in [-0.3, -0.25) is 0 Å². The molecular weight excluding hydrogens is 276 g/mol. The summed E-state index contributed by atoms with van der Waals surface area (Å²) in [7, 11) is 2.19. The third-order valence-corrected chi connectivity index (χ3v) is 4.06. The number of nitrogens with zero attached hydrogens (tertiary/aromatic N) is 2. The predicted molar refractivity (Wildman–Crippen MR) is 90.9 cm³/mol. The molecule has 4 heteroatoms. The van der Waals surface area contributed by atoms with Crippen LogP contribution in [0.4, 0.5) is 0 Å². The molecule has 1 aromatic carbocycles. The van der Waals surface area contributed by atoms with Crippen LogP contribution in [0.1, 0.15) is 26.2 Å². The first kappa shape index (κ1) is 17.1. The minimum Gasteiger partial charge on any atom is -0.493 e. The Bertz CT molecular complexity index is 417. The van der Waals surface area contributed by atoms with Crippen LogP contribution in [0.2, 0.25) is 0 Å². The van der Waals surface area contributed by atoms with Gasteiger partial charge < -0.3 is 19.3 Å². The van der Waals surface area contributed by atoms with Gasteiger partial charge in [0.05, 0.1) is 13.2 Å². The lowest BCUT2D eigenvalue weighted by molar-refractivity contribution is 0.145. The summed E-state index contributed by atoms with van der Waals surface area (Å²) in [5, 5.41) is 0. The molecule has 0 radical (unpaired) electrons. The molecule has 0 aliphatic carbocycles. The van der Waals surface area contributed by atoms with E-state index in [0.29, 0.717) is 0 Å². The van der Waals surface area contributed by atoms with E-state index >= 15 is 0 Å². The molecule has 0 bridgehead atoms. The van der Waals surface area contributed by atoms with Gasteiger partial charge in [-0.1, -0.05) is 19.4 Å². The van der Waals surface area contributed by atoms with E-state index in [0.717, 1.165) is 50.5 Å². The van der Waals surface area contributed by atoms with Crippen LogP contribution in [-0.2, 0) is 0 Å². The number of ether oxygens (including phenoxy) is 2. The highest BCUT2D eigenvalue weighted by Crippen LogP contribution is 2.19. The first-order valence-corrected chi connectivity index (χ1v) is 8.54. The average Bonchev–Trinajstić information content (AvgIpc) is 2.54. The first-order chi connectivity index (χ1) is 10.8. The Kier molecular flexibility index (Phi) is 7.54. The summed E-state index contributed by atoms with van der Waals surface area (Å²) >= 11 is 0. The highest BCUT2D eigenvalue weighted by atomic mass is 16.5. The summed E-state index contributed by atoms with van der Waals surface area (Å²) in [5.41, 5.74) is 0. The topological polar surface area (TPSA) is 24.9 Å². The summed E-state index contributed by atoms with van der Waals surface area (Å²) in [6.45, 7) is 9.56. The van der Waals surface area contributed by atoms with Crippen LogP contribution in [0.25, 0.3) is 0 Å². The molecule has 0 spiro atoms. The van der Waals surface area contributed by atoms with Gasteiger partial charge in [-0.2, -0.15) is 0 Å². The summed E-state index contributed by atoms with van der Waals surface area (Å²) in [4.78, 5) is 4.91. The predicted octanol–water partition coefficient (Wildman–Crippen LogP) is 2.88. The number of likely N-dealkylation sites (N-methyl/N-ethyl adjacent to an activating group) is 1. The minimum atomic E-state index is 0.769. The maximum Gasteiger partial charge on any atom is 0.122 e. The van der Waals surface area contributed by atoms with Crippen LogP contribution in [0.5, 0.6) is 11.5 Å². The molecule has 22 heavy (non-hydrogen) atoms. The normalized spacial score (nSPS) is 16.6. The molecule has 1 saturated heterocycles. The Hall–Kier alpha value is -1.26. The van der Waals surface area contributed by atoms with Gasteiger partial charge >= 0.3 is 0 Å². The Morgan fingerprint density at radius 3 is 2.23 bits per heavy atom. The van der Waals surface area contributed by atoms with E-state index in [1.165, 1.54) is 26.2 Å². The van der Waals surface area contributed by atoms with Crippen LogP contribution >= 0.6 is 0 Å². The Labute approximate surface area is 135 Å². The maximum atomic E-state index is 5.85. The van der Waals surface area contributed by atoms with Gasteiger partial charge in [-0.05, 0) is 32.0 Å². The number of piperazine rings is 1. The van der Waals surface area contributed by atoms with Crippen molar-refractivity contribution in [3.05, 3.63) is 24.3 Å². The lowest BCUT2D eigenvalue weighted by Gasteiger charge is -2.32. The van der Waals surface area contributed by atoms with E-state index in [1.807, 2.05) is 24.3 Å². The van der Waals surface area contributed by atoms with Crippen molar-refractivity contribution in [2.24, 2.45) is 0 Å². The van der Waals surface area contributed by atoms with E-state index in [-0.39, 0.29) is 0 Å². The Morgan fingerprint density at radius 1 is 0.955 bits per heavy atom. The number of hydrogen-bond acceptors (Lipinski definition) is 4. The molecule has 1 aromatic rings. The molecule has 0 atom stereocenters. The number of rotatable bonds is 9. The van der Waals surface area contributed by atoms with E-state index in [2.05, 4.69) is 23.8 Å². The van der Waals surface area contributed by atoms with Gasteiger partial charge in [0.2, 0.25) is 0 Å². The Morgan fingerprint density at radius 2 is 1.59 bits per heavy atom. The van der Waals surface area contributed by atoms with Gasteiger partial charge in [0.15, 0.2) is 0 Å². The van der Waals surface area contributed by atoms with Crippen LogP contribution in [0.15, 0.2) is 24.3 Å². The smallest absolute Gasteiger partial charge is 0.122 e. The quantitative estimate of drug-likeness (QED) is 0.655. The van der Waals surface area contributed by atoms with Gasteiger partial charge in [0.25, 0.3) is 0 Å². The van der Waals surface area contributed by atoms with E-state index in [9.17, 15) is 0 Å². The van der Waals surface area contributed by atoms with Crippen molar-refractivity contribution < 1.29 is 9.47 Å². The summed E-state index contributed by atoms with van der Waals surface area (Å²) in [6, 6.07) is 7.98. The fourth-order valence-corrected chi connectivity index (χ4v) is 2.54. The second-order valence-electron chi connectivity index (χ2n) is 6.02. The monoisotopic (exact) mass is 306 g/mol. The van der Waals surface area contributed by atoms with Crippen LogP contribution in [0, 0.1) is 0 Å². The van der Waals surface area contributed by atoms with Crippen molar-refractivity contribution in [3.8, 4) is 11.5 Å². The van der Waals surface area contributed by atoms with Crippen molar-refractivity contribution in [1.29, 1.82) is 0 Å². The minimum absolute atomic E-state index is 0.769. The molecule has 0 unspecified atom stereocenters. The van der Waals surface area contributed by atoms with Crippen molar-refractivity contribution in [2.75, 3.05) is 53.0 Å². The van der Waals surface area contributed by atoms with Gasteiger partial charge in [-0.15, -0.1) is 0 Å². The molecule has 2 rings (SSSR count). The lowest BCUT2D eigenvalue weighted by Crippen LogP contribution is -2.44. The molecule has 124 valence electrons. The average molecular weight is 306 g/mol. The number of benzene rings is 1.